The summed E-state index contributed by atoms with van der Waals surface area (Å²) in [6.07, 6.45) is -4.36. The number of carbonyl (C=O) groups excluding carboxylic acids is 2. The standard InChI is InChI=1S/C11H9F3O4S/c1-19(17,18)10-6-7(11(12,13)14)2-3-8(10)9(16)4-5-15/h2-3,5-6H,4H2,1H3. The van der Waals surface area contributed by atoms with Crippen molar-refractivity contribution in [2.45, 2.75) is 17.5 Å². The largest absolute Gasteiger partial charge is 0.416 e. The molecule has 0 bridgehead atoms. The van der Waals surface area contributed by atoms with Crippen LogP contribution in [-0.4, -0.2) is 26.7 Å². The molecule has 104 valence electrons. The van der Waals surface area contributed by atoms with Gasteiger partial charge in [-0.3, -0.25) is 4.79 Å². The van der Waals surface area contributed by atoms with Gasteiger partial charge in [0, 0.05) is 11.8 Å². The molecule has 4 nitrogen and oxygen atoms in total. The van der Waals surface area contributed by atoms with Gasteiger partial charge in [-0.15, -0.1) is 0 Å². The van der Waals surface area contributed by atoms with Crippen LogP contribution in [-0.2, 0) is 20.8 Å². The minimum Gasteiger partial charge on any atom is -0.303 e. The van der Waals surface area contributed by atoms with Crippen LogP contribution < -0.4 is 0 Å². The molecule has 1 rings (SSSR count). The zero-order chi connectivity index (χ0) is 14.8. The molecule has 8 heteroatoms. The second kappa shape index (κ2) is 5.12. The Bertz CT molecular complexity index is 617. The predicted octanol–water partition coefficient (Wildman–Crippen LogP) is 1.88. The number of alkyl halides is 3. The van der Waals surface area contributed by atoms with Gasteiger partial charge in [-0.2, -0.15) is 13.2 Å². The van der Waals surface area contributed by atoms with Gasteiger partial charge in [0.2, 0.25) is 0 Å². The Morgan fingerprint density at radius 1 is 1.32 bits per heavy atom. The molecule has 0 heterocycles. The average Bonchev–Trinajstić information content (AvgIpc) is 2.26. The number of hydrogen-bond acceptors (Lipinski definition) is 4. The molecule has 0 amide bonds. The van der Waals surface area contributed by atoms with Crippen molar-refractivity contribution in [3.8, 4) is 0 Å². The summed E-state index contributed by atoms with van der Waals surface area (Å²) in [5.41, 5.74) is -1.59. The fraction of sp³-hybridized carbons (Fsp3) is 0.273. The zero-order valence-electron chi connectivity index (χ0n) is 9.69. The van der Waals surface area contributed by atoms with Gasteiger partial charge in [0.25, 0.3) is 0 Å². The maximum atomic E-state index is 12.5. The normalized spacial score (nSPS) is 12.2. The van der Waals surface area contributed by atoms with Gasteiger partial charge in [0.15, 0.2) is 15.6 Å². The Kier molecular flexibility index (Phi) is 4.14. The molecule has 1 aromatic carbocycles. The molecule has 0 spiro atoms. The molecule has 19 heavy (non-hydrogen) atoms. The summed E-state index contributed by atoms with van der Waals surface area (Å²) in [4.78, 5) is 21.0. The maximum absolute atomic E-state index is 12.5. The van der Waals surface area contributed by atoms with E-state index in [4.69, 9.17) is 0 Å². The van der Waals surface area contributed by atoms with E-state index in [0.717, 1.165) is 6.07 Å². The van der Waals surface area contributed by atoms with E-state index in [1.54, 1.807) is 0 Å². The van der Waals surface area contributed by atoms with Crippen molar-refractivity contribution in [1.82, 2.24) is 0 Å². The molecule has 0 atom stereocenters. The van der Waals surface area contributed by atoms with Crippen molar-refractivity contribution in [2.24, 2.45) is 0 Å². The summed E-state index contributed by atoms with van der Waals surface area (Å²) in [5, 5.41) is 0. The Labute approximate surface area is 107 Å². The molecule has 0 aliphatic carbocycles. The van der Waals surface area contributed by atoms with E-state index in [9.17, 15) is 31.2 Å². The Hall–Kier alpha value is -1.70. The van der Waals surface area contributed by atoms with Crippen LogP contribution in [0, 0.1) is 0 Å². The predicted molar refractivity (Wildman–Crippen MR) is 59.6 cm³/mol. The smallest absolute Gasteiger partial charge is 0.303 e. The molecule has 0 radical (unpaired) electrons. The molecule has 0 fully saturated rings. The number of aldehydes is 1. The van der Waals surface area contributed by atoms with Gasteiger partial charge in [-0.25, -0.2) is 8.42 Å². The molecule has 0 aliphatic rings. The maximum Gasteiger partial charge on any atom is 0.416 e. The lowest BCUT2D eigenvalue weighted by atomic mass is 10.1. The van der Waals surface area contributed by atoms with Crippen LogP contribution in [0.2, 0.25) is 0 Å². The third kappa shape index (κ3) is 3.63. The first-order valence-electron chi connectivity index (χ1n) is 4.95. The highest BCUT2D eigenvalue weighted by molar-refractivity contribution is 7.90. The third-order valence-electron chi connectivity index (χ3n) is 2.28. The van der Waals surface area contributed by atoms with Gasteiger partial charge >= 0.3 is 6.18 Å². The number of sulfone groups is 1. The molecule has 1 aromatic rings. The first kappa shape index (κ1) is 15.4. The first-order valence-corrected chi connectivity index (χ1v) is 6.84. The fourth-order valence-corrected chi connectivity index (χ4v) is 2.34. The van der Waals surface area contributed by atoms with Crippen molar-refractivity contribution in [1.29, 1.82) is 0 Å². The highest BCUT2D eigenvalue weighted by atomic mass is 32.2. The lowest BCUT2D eigenvalue weighted by Crippen LogP contribution is -2.12. The number of ketones is 1. The van der Waals surface area contributed by atoms with E-state index in [1.165, 1.54) is 0 Å². The highest BCUT2D eigenvalue weighted by Gasteiger charge is 2.32. The summed E-state index contributed by atoms with van der Waals surface area (Å²) in [6.45, 7) is 0. The fourth-order valence-electron chi connectivity index (χ4n) is 1.42. The second-order valence-electron chi connectivity index (χ2n) is 3.77. The lowest BCUT2D eigenvalue weighted by Gasteiger charge is -2.11. The van der Waals surface area contributed by atoms with E-state index < -0.39 is 44.2 Å². The van der Waals surface area contributed by atoms with Crippen molar-refractivity contribution in [3.05, 3.63) is 29.3 Å². The minimum atomic E-state index is -4.72. The Morgan fingerprint density at radius 2 is 1.89 bits per heavy atom. The van der Waals surface area contributed by atoms with Crippen molar-refractivity contribution in [2.75, 3.05) is 6.26 Å². The SMILES string of the molecule is CS(=O)(=O)c1cc(C(F)(F)F)ccc1C(=O)CC=O. The molecular formula is C11H9F3O4S. The summed E-state index contributed by atoms with van der Waals surface area (Å²) in [5.74, 6) is -0.843. The molecule has 0 aromatic heterocycles. The summed E-state index contributed by atoms with van der Waals surface area (Å²) in [6, 6.07) is 1.77. The van der Waals surface area contributed by atoms with Crippen molar-refractivity contribution >= 4 is 21.9 Å². The van der Waals surface area contributed by atoms with E-state index in [0.29, 0.717) is 18.4 Å². The van der Waals surface area contributed by atoms with Gasteiger partial charge in [0.05, 0.1) is 16.9 Å². The van der Waals surface area contributed by atoms with Gasteiger partial charge in [-0.1, -0.05) is 0 Å². The van der Waals surface area contributed by atoms with E-state index in [2.05, 4.69) is 0 Å². The van der Waals surface area contributed by atoms with Crippen molar-refractivity contribution in [3.63, 3.8) is 0 Å². The topological polar surface area (TPSA) is 68.3 Å². The zero-order valence-corrected chi connectivity index (χ0v) is 10.5. The van der Waals surface area contributed by atoms with Gasteiger partial charge in [-0.05, 0) is 18.2 Å². The van der Waals surface area contributed by atoms with E-state index in [-0.39, 0.29) is 6.29 Å². The second-order valence-corrected chi connectivity index (χ2v) is 5.76. The van der Waals surface area contributed by atoms with Crippen LogP contribution in [0.25, 0.3) is 0 Å². The highest BCUT2D eigenvalue weighted by Crippen LogP contribution is 2.32. The molecule has 0 aliphatic heterocycles. The lowest BCUT2D eigenvalue weighted by molar-refractivity contribution is -0.137. The first-order chi connectivity index (χ1) is 8.57. The van der Waals surface area contributed by atoms with Crippen LogP contribution in [0.1, 0.15) is 22.3 Å². The molecule has 0 unspecified atom stereocenters. The van der Waals surface area contributed by atoms with Crippen molar-refractivity contribution < 1.29 is 31.2 Å². The van der Waals surface area contributed by atoms with Crippen LogP contribution in [0.5, 0.6) is 0 Å². The van der Waals surface area contributed by atoms with Gasteiger partial charge in [0.1, 0.15) is 6.29 Å². The molecule has 0 saturated heterocycles. The number of Topliss-reactive ketones (excluding diaryl/α,β-unsaturated/α-hetero) is 1. The van der Waals surface area contributed by atoms with Crippen LogP contribution in [0.15, 0.2) is 23.1 Å². The molecule has 0 saturated carbocycles. The number of halogens is 3. The number of benzene rings is 1. The number of rotatable bonds is 4. The minimum absolute atomic E-state index is 0.256. The summed E-state index contributed by atoms with van der Waals surface area (Å²) >= 11 is 0. The molecular weight excluding hydrogens is 285 g/mol. The summed E-state index contributed by atoms with van der Waals surface area (Å²) in [7, 11) is -4.02. The monoisotopic (exact) mass is 294 g/mol. The molecule has 0 N–H and O–H groups in total. The number of carbonyl (C=O) groups is 2. The Balaban J connectivity index is 3.51. The van der Waals surface area contributed by atoms with E-state index >= 15 is 0 Å². The van der Waals surface area contributed by atoms with Crippen LogP contribution >= 0.6 is 0 Å². The summed E-state index contributed by atoms with van der Waals surface area (Å²) < 4.78 is 60.4. The third-order valence-corrected chi connectivity index (χ3v) is 3.41. The number of hydrogen-bond donors (Lipinski definition) is 0. The van der Waals surface area contributed by atoms with E-state index in [1.807, 2.05) is 0 Å². The Morgan fingerprint density at radius 3 is 2.32 bits per heavy atom. The average molecular weight is 294 g/mol. The van der Waals surface area contributed by atoms with Gasteiger partial charge < -0.3 is 4.79 Å². The van der Waals surface area contributed by atoms with Crippen LogP contribution in [0.3, 0.4) is 0 Å². The van der Waals surface area contributed by atoms with Crippen LogP contribution in [0.4, 0.5) is 13.2 Å². The quantitative estimate of drug-likeness (QED) is 0.483.